The summed E-state index contributed by atoms with van der Waals surface area (Å²) in [5, 5.41) is 7.37. The van der Waals surface area contributed by atoms with Crippen LogP contribution in [0.1, 0.15) is 47.4 Å². The zero-order chi connectivity index (χ0) is 17.6. The van der Waals surface area contributed by atoms with Gasteiger partial charge in [0.15, 0.2) is 9.84 Å². The largest absolute Gasteiger partial charge is 0.345 e. The summed E-state index contributed by atoms with van der Waals surface area (Å²) in [6, 6.07) is 1.11. The van der Waals surface area contributed by atoms with Crippen molar-refractivity contribution >= 4 is 27.1 Å². The molecular weight excluding hydrogens is 360 g/mol. The number of alkyl halides is 2. The first-order chi connectivity index (χ1) is 11.2. The number of aryl methyl sites for hydroxylation is 1. The molecule has 130 valence electrons. The van der Waals surface area contributed by atoms with Crippen LogP contribution in [-0.4, -0.2) is 29.4 Å². The highest BCUT2D eigenvalue weighted by Crippen LogP contribution is 2.39. The molecule has 1 N–H and O–H groups in total. The van der Waals surface area contributed by atoms with Crippen molar-refractivity contribution in [3.8, 4) is 0 Å². The van der Waals surface area contributed by atoms with E-state index in [1.165, 1.54) is 7.05 Å². The molecule has 0 unspecified atom stereocenters. The van der Waals surface area contributed by atoms with Crippen molar-refractivity contribution in [3.63, 3.8) is 0 Å². The molecule has 24 heavy (non-hydrogen) atoms. The number of fused-ring (bicyclic) bond motifs is 1. The fourth-order valence-corrected chi connectivity index (χ4v) is 6.05. The Morgan fingerprint density at radius 2 is 2.21 bits per heavy atom. The van der Waals surface area contributed by atoms with E-state index < -0.39 is 39.2 Å². The second kappa shape index (κ2) is 5.92. The fraction of sp³-hybridized carbons (Fsp3) is 0.429. The Balaban J connectivity index is 1.92. The van der Waals surface area contributed by atoms with Gasteiger partial charge in [0, 0.05) is 12.6 Å². The van der Waals surface area contributed by atoms with Crippen molar-refractivity contribution < 1.29 is 22.0 Å². The van der Waals surface area contributed by atoms with E-state index in [0.29, 0.717) is 5.56 Å². The molecule has 3 heterocycles. The quantitative estimate of drug-likeness (QED) is 0.894. The predicted octanol–water partition coefficient (Wildman–Crippen LogP) is 2.46. The van der Waals surface area contributed by atoms with E-state index in [-0.39, 0.29) is 16.2 Å². The van der Waals surface area contributed by atoms with E-state index in [1.807, 2.05) is 0 Å². The van der Waals surface area contributed by atoms with Crippen molar-refractivity contribution in [2.45, 2.75) is 35.3 Å². The maximum absolute atomic E-state index is 13.1. The summed E-state index contributed by atoms with van der Waals surface area (Å²) in [5.41, 5.74) is -0.158. The first kappa shape index (κ1) is 17.0. The number of nitrogens with one attached hydrogen (secondary N) is 1. The van der Waals surface area contributed by atoms with E-state index in [0.717, 1.165) is 22.2 Å². The molecular formula is C14H15F2N3O3S2. The van der Waals surface area contributed by atoms with Crippen LogP contribution in [0.5, 0.6) is 0 Å². The van der Waals surface area contributed by atoms with Gasteiger partial charge in [0.2, 0.25) is 0 Å². The van der Waals surface area contributed by atoms with Gasteiger partial charge in [-0.15, -0.1) is 11.3 Å². The Bertz CT molecular complexity index is 889. The summed E-state index contributed by atoms with van der Waals surface area (Å²) in [6.07, 6.45) is -1.54. The van der Waals surface area contributed by atoms with Crippen molar-refractivity contribution in [2.24, 2.45) is 7.05 Å². The summed E-state index contributed by atoms with van der Waals surface area (Å²) < 4.78 is 52.0. The molecule has 6 nitrogen and oxygen atoms in total. The molecule has 0 fully saturated rings. The lowest BCUT2D eigenvalue weighted by Gasteiger charge is -2.28. The van der Waals surface area contributed by atoms with Crippen molar-refractivity contribution in [3.05, 3.63) is 34.5 Å². The third-order valence-corrected chi connectivity index (χ3v) is 7.84. The second-order valence-electron chi connectivity index (χ2n) is 5.65. The molecule has 0 spiro atoms. The normalized spacial score (nSPS) is 22.4. The highest BCUT2D eigenvalue weighted by molar-refractivity contribution is 7.94. The topological polar surface area (TPSA) is 81.1 Å². The number of amides is 1. The summed E-state index contributed by atoms with van der Waals surface area (Å²) in [6.45, 7) is 1.58. The molecule has 2 aromatic rings. The van der Waals surface area contributed by atoms with Crippen LogP contribution >= 0.6 is 11.3 Å². The fourth-order valence-electron chi connectivity index (χ4n) is 2.82. The monoisotopic (exact) mass is 375 g/mol. The van der Waals surface area contributed by atoms with Crippen LogP contribution in [-0.2, 0) is 16.9 Å². The average molecular weight is 375 g/mol. The maximum Gasteiger partial charge on any atom is 0.280 e. The molecule has 1 aliphatic rings. The number of carbonyl (C=O) groups is 1. The molecule has 3 rings (SSSR count). The number of hydrogen-bond donors (Lipinski definition) is 1. The Kier molecular flexibility index (Phi) is 4.20. The minimum absolute atomic E-state index is 0.197. The van der Waals surface area contributed by atoms with E-state index in [4.69, 9.17) is 0 Å². The third kappa shape index (κ3) is 2.63. The highest BCUT2D eigenvalue weighted by atomic mass is 32.2. The predicted molar refractivity (Wildman–Crippen MR) is 84.0 cm³/mol. The smallest absolute Gasteiger partial charge is 0.280 e. The molecule has 1 amide bonds. The number of aromatic nitrogens is 2. The number of thiophene rings is 1. The van der Waals surface area contributed by atoms with Gasteiger partial charge in [-0.05, 0) is 24.8 Å². The average Bonchev–Trinajstić information content (AvgIpc) is 3.11. The summed E-state index contributed by atoms with van der Waals surface area (Å²) in [5.74, 6) is -0.688. The molecule has 1 aliphatic heterocycles. The molecule has 0 bridgehead atoms. The van der Waals surface area contributed by atoms with Crippen LogP contribution in [0.2, 0.25) is 0 Å². The summed E-state index contributed by atoms with van der Waals surface area (Å²) >= 11 is 1.10. The lowest BCUT2D eigenvalue weighted by Crippen LogP contribution is -2.36. The van der Waals surface area contributed by atoms with Crippen LogP contribution < -0.4 is 5.32 Å². The van der Waals surface area contributed by atoms with Gasteiger partial charge in [-0.2, -0.15) is 5.10 Å². The Morgan fingerprint density at radius 3 is 2.88 bits per heavy atom. The van der Waals surface area contributed by atoms with E-state index in [2.05, 4.69) is 10.4 Å². The lowest BCUT2D eigenvalue weighted by molar-refractivity contribution is 0.0916. The van der Waals surface area contributed by atoms with Crippen LogP contribution in [0, 0.1) is 0 Å². The first-order valence-electron chi connectivity index (χ1n) is 7.15. The Labute approximate surface area is 141 Å². The lowest BCUT2D eigenvalue weighted by atomic mass is 10.0. The summed E-state index contributed by atoms with van der Waals surface area (Å²) in [7, 11) is -2.06. The van der Waals surface area contributed by atoms with Crippen molar-refractivity contribution in [1.82, 2.24) is 15.1 Å². The number of halogens is 2. The van der Waals surface area contributed by atoms with Crippen molar-refractivity contribution in [1.29, 1.82) is 0 Å². The Morgan fingerprint density at radius 1 is 1.50 bits per heavy atom. The maximum atomic E-state index is 13.1. The molecule has 0 saturated heterocycles. The van der Waals surface area contributed by atoms with Crippen LogP contribution in [0.15, 0.2) is 21.9 Å². The zero-order valence-corrected chi connectivity index (χ0v) is 14.5. The Hall–Kier alpha value is -1.81. The molecule has 0 saturated carbocycles. The van der Waals surface area contributed by atoms with Gasteiger partial charge >= 0.3 is 0 Å². The number of carbonyl (C=O) groups excluding carboxylic acids is 1. The number of hydrogen-bond acceptors (Lipinski definition) is 5. The zero-order valence-electron chi connectivity index (χ0n) is 12.9. The van der Waals surface area contributed by atoms with Crippen LogP contribution in [0.4, 0.5) is 8.78 Å². The standard InChI is InChI=1S/C14H15F2N3O3S2/c1-7-5-10(8-3-4-23-14(8)24(7,21)22)18-13(20)9-6-17-19(2)11(9)12(15)16/h3-4,6-7,10,12H,5H2,1-2H3,(H,18,20)/t7-,10-/m0/s1. The van der Waals surface area contributed by atoms with Crippen molar-refractivity contribution in [2.75, 3.05) is 0 Å². The second-order valence-corrected chi connectivity index (χ2v) is 9.13. The SMILES string of the molecule is C[C@H]1C[C@H](NC(=O)c2cnn(C)c2C(F)F)c2ccsc2S1(=O)=O. The number of nitrogens with zero attached hydrogens (tertiary/aromatic N) is 2. The van der Waals surface area contributed by atoms with Gasteiger partial charge in [-0.1, -0.05) is 0 Å². The number of rotatable bonds is 3. The van der Waals surface area contributed by atoms with Gasteiger partial charge in [0.25, 0.3) is 12.3 Å². The van der Waals surface area contributed by atoms with Gasteiger partial charge in [0.05, 0.1) is 23.1 Å². The van der Waals surface area contributed by atoms with Crippen LogP contribution in [0.3, 0.4) is 0 Å². The van der Waals surface area contributed by atoms with E-state index in [1.54, 1.807) is 18.4 Å². The van der Waals surface area contributed by atoms with Gasteiger partial charge in [-0.3, -0.25) is 9.48 Å². The van der Waals surface area contributed by atoms with Gasteiger partial charge in [-0.25, -0.2) is 17.2 Å². The number of sulfone groups is 1. The van der Waals surface area contributed by atoms with Gasteiger partial charge in [0.1, 0.15) is 9.90 Å². The molecule has 10 heteroatoms. The molecule has 2 aromatic heterocycles. The van der Waals surface area contributed by atoms with E-state index >= 15 is 0 Å². The molecule has 0 radical (unpaired) electrons. The molecule has 2 atom stereocenters. The van der Waals surface area contributed by atoms with Crippen LogP contribution in [0.25, 0.3) is 0 Å². The molecule has 0 aromatic carbocycles. The highest BCUT2D eigenvalue weighted by Gasteiger charge is 2.38. The first-order valence-corrected chi connectivity index (χ1v) is 9.58. The molecule has 0 aliphatic carbocycles. The summed E-state index contributed by atoms with van der Waals surface area (Å²) in [4.78, 5) is 12.4. The third-order valence-electron chi connectivity index (χ3n) is 4.13. The minimum Gasteiger partial charge on any atom is -0.345 e. The van der Waals surface area contributed by atoms with E-state index in [9.17, 15) is 22.0 Å². The minimum atomic E-state index is -3.40. The van der Waals surface area contributed by atoms with Gasteiger partial charge < -0.3 is 5.32 Å².